The van der Waals surface area contributed by atoms with E-state index in [1.807, 2.05) is 51.1 Å². The van der Waals surface area contributed by atoms with Crippen LogP contribution >= 0.6 is 0 Å². The molecule has 1 atom stereocenters. The van der Waals surface area contributed by atoms with Gasteiger partial charge in [-0.1, -0.05) is 44.2 Å². The standard InChI is InChI=1S/C18H25N3O2/c1-13(2)18(3,12-19)21-16(22)9-10-17-20-11-15(23-17)14-7-5-4-6-8-14/h4-8,11,13H,9-10,12,19H2,1-3H3,(H,21,22). The van der Waals surface area contributed by atoms with Crippen LogP contribution in [0.5, 0.6) is 0 Å². The molecule has 0 fully saturated rings. The summed E-state index contributed by atoms with van der Waals surface area (Å²) in [7, 11) is 0. The predicted octanol–water partition coefficient (Wildman–Crippen LogP) is 2.76. The van der Waals surface area contributed by atoms with Crippen molar-refractivity contribution in [3.8, 4) is 11.3 Å². The zero-order valence-electron chi connectivity index (χ0n) is 14.0. The number of hydrogen-bond donors (Lipinski definition) is 2. The van der Waals surface area contributed by atoms with Gasteiger partial charge in [-0.2, -0.15) is 0 Å². The minimum absolute atomic E-state index is 0.0360. The number of nitrogens with zero attached hydrogens (tertiary/aromatic N) is 1. The number of aryl methyl sites for hydroxylation is 1. The number of nitrogens with two attached hydrogens (primary N) is 1. The first-order valence-corrected chi connectivity index (χ1v) is 7.96. The van der Waals surface area contributed by atoms with Crippen LogP contribution in [-0.4, -0.2) is 23.0 Å². The zero-order chi connectivity index (χ0) is 16.9. The molecule has 0 saturated carbocycles. The van der Waals surface area contributed by atoms with E-state index in [-0.39, 0.29) is 17.4 Å². The van der Waals surface area contributed by atoms with Gasteiger partial charge in [-0.25, -0.2) is 4.98 Å². The molecule has 2 aromatic rings. The quantitative estimate of drug-likeness (QED) is 0.823. The number of oxazole rings is 1. The summed E-state index contributed by atoms with van der Waals surface area (Å²) in [6, 6.07) is 9.78. The molecule has 1 aromatic heterocycles. The molecule has 1 unspecified atom stereocenters. The van der Waals surface area contributed by atoms with Crippen LogP contribution in [-0.2, 0) is 11.2 Å². The number of amides is 1. The molecule has 0 saturated heterocycles. The lowest BCUT2D eigenvalue weighted by atomic mass is 9.88. The fourth-order valence-corrected chi connectivity index (χ4v) is 2.19. The third-order valence-electron chi connectivity index (χ3n) is 4.30. The summed E-state index contributed by atoms with van der Waals surface area (Å²) in [5.74, 6) is 1.52. The smallest absolute Gasteiger partial charge is 0.220 e. The van der Waals surface area contributed by atoms with E-state index >= 15 is 0 Å². The highest BCUT2D eigenvalue weighted by molar-refractivity contribution is 5.77. The zero-order valence-corrected chi connectivity index (χ0v) is 14.0. The maximum atomic E-state index is 12.1. The van der Waals surface area contributed by atoms with Crippen LogP contribution < -0.4 is 11.1 Å². The molecule has 1 aromatic carbocycles. The largest absolute Gasteiger partial charge is 0.441 e. The second-order valence-electron chi connectivity index (χ2n) is 6.31. The van der Waals surface area contributed by atoms with E-state index in [1.165, 1.54) is 0 Å². The summed E-state index contributed by atoms with van der Waals surface area (Å²) in [5.41, 5.74) is 6.38. The molecule has 124 valence electrons. The van der Waals surface area contributed by atoms with E-state index in [1.54, 1.807) is 6.20 Å². The van der Waals surface area contributed by atoms with E-state index < -0.39 is 0 Å². The molecule has 0 spiro atoms. The van der Waals surface area contributed by atoms with Gasteiger partial charge in [0.1, 0.15) is 0 Å². The summed E-state index contributed by atoms with van der Waals surface area (Å²) >= 11 is 0. The molecule has 0 aliphatic heterocycles. The van der Waals surface area contributed by atoms with Gasteiger partial charge < -0.3 is 15.5 Å². The highest BCUT2D eigenvalue weighted by atomic mass is 16.4. The fraction of sp³-hybridized carbons (Fsp3) is 0.444. The summed E-state index contributed by atoms with van der Waals surface area (Å²) in [6.45, 7) is 6.47. The van der Waals surface area contributed by atoms with Crippen molar-refractivity contribution in [3.63, 3.8) is 0 Å². The van der Waals surface area contributed by atoms with Crippen LogP contribution in [0, 0.1) is 5.92 Å². The molecule has 5 heteroatoms. The first-order valence-electron chi connectivity index (χ1n) is 7.96. The Bertz CT molecular complexity index is 637. The average molecular weight is 315 g/mol. The van der Waals surface area contributed by atoms with Crippen LogP contribution in [0.3, 0.4) is 0 Å². The van der Waals surface area contributed by atoms with Gasteiger partial charge in [-0.15, -0.1) is 0 Å². The SMILES string of the molecule is CC(C)C(C)(CN)NC(=O)CCc1ncc(-c2ccccc2)o1. The molecule has 23 heavy (non-hydrogen) atoms. The minimum Gasteiger partial charge on any atom is -0.441 e. The molecule has 3 N–H and O–H groups in total. The van der Waals surface area contributed by atoms with Gasteiger partial charge in [-0.05, 0) is 12.8 Å². The molecule has 0 aliphatic carbocycles. The molecule has 2 rings (SSSR count). The highest BCUT2D eigenvalue weighted by Gasteiger charge is 2.28. The van der Waals surface area contributed by atoms with Crippen LogP contribution in [0.4, 0.5) is 0 Å². The van der Waals surface area contributed by atoms with Gasteiger partial charge in [0.2, 0.25) is 5.91 Å². The van der Waals surface area contributed by atoms with Crippen molar-refractivity contribution in [2.75, 3.05) is 6.54 Å². The van der Waals surface area contributed by atoms with Crippen molar-refractivity contribution in [1.29, 1.82) is 0 Å². The predicted molar refractivity (Wildman–Crippen MR) is 90.7 cm³/mol. The lowest BCUT2D eigenvalue weighted by molar-refractivity contribution is -0.123. The van der Waals surface area contributed by atoms with Crippen LogP contribution in [0.1, 0.15) is 33.1 Å². The molecule has 0 radical (unpaired) electrons. The van der Waals surface area contributed by atoms with E-state index in [4.69, 9.17) is 10.2 Å². The summed E-state index contributed by atoms with van der Waals surface area (Å²) in [4.78, 5) is 16.4. The maximum Gasteiger partial charge on any atom is 0.220 e. The van der Waals surface area contributed by atoms with Crippen LogP contribution in [0.2, 0.25) is 0 Å². The Morgan fingerprint density at radius 2 is 2.04 bits per heavy atom. The Morgan fingerprint density at radius 1 is 1.35 bits per heavy atom. The summed E-state index contributed by atoms with van der Waals surface area (Å²) in [5, 5.41) is 3.02. The molecular weight excluding hydrogens is 290 g/mol. The van der Waals surface area contributed by atoms with E-state index in [0.29, 0.717) is 25.3 Å². The van der Waals surface area contributed by atoms with Crippen molar-refractivity contribution < 1.29 is 9.21 Å². The van der Waals surface area contributed by atoms with Crippen molar-refractivity contribution in [2.24, 2.45) is 11.7 Å². The second kappa shape index (κ2) is 7.42. The number of hydrogen-bond acceptors (Lipinski definition) is 4. The molecule has 0 bridgehead atoms. The topological polar surface area (TPSA) is 81.1 Å². The second-order valence-corrected chi connectivity index (χ2v) is 6.31. The Balaban J connectivity index is 1.92. The minimum atomic E-state index is -0.386. The number of aromatic nitrogens is 1. The third kappa shape index (κ3) is 4.42. The normalized spacial score (nSPS) is 13.8. The van der Waals surface area contributed by atoms with Gasteiger partial charge in [0, 0.05) is 24.9 Å². The van der Waals surface area contributed by atoms with Crippen molar-refractivity contribution in [3.05, 3.63) is 42.4 Å². The number of nitrogens with one attached hydrogen (secondary N) is 1. The van der Waals surface area contributed by atoms with Gasteiger partial charge in [0.25, 0.3) is 0 Å². The van der Waals surface area contributed by atoms with Gasteiger partial charge in [0.05, 0.1) is 11.7 Å². The first kappa shape index (κ1) is 17.2. The van der Waals surface area contributed by atoms with Gasteiger partial charge in [-0.3, -0.25) is 4.79 Å². The fourth-order valence-electron chi connectivity index (χ4n) is 2.19. The number of rotatable bonds is 7. The highest BCUT2D eigenvalue weighted by Crippen LogP contribution is 2.20. The maximum absolute atomic E-state index is 12.1. The average Bonchev–Trinajstić information content (AvgIpc) is 3.02. The Hall–Kier alpha value is -2.14. The van der Waals surface area contributed by atoms with Gasteiger partial charge >= 0.3 is 0 Å². The van der Waals surface area contributed by atoms with E-state index in [0.717, 1.165) is 11.3 Å². The Morgan fingerprint density at radius 3 is 2.65 bits per heavy atom. The molecule has 1 heterocycles. The first-order chi connectivity index (χ1) is 10.9. The Labute approximate surface area is 137 Å². The van der Waals surface area contributed by atoms with E-state index in [2.05, 4.69) is 10.3 Å². The lowest BCUT2D eigenvalue weighted by Gasteiger charge is -2.33. The third-order valence-corrected chi connectivity index (χ3v) is 4.30. The Kier molecular flexibility index (Phi) is 5.55. The summed E-state index contributed by atoms with van der Waals surface area (Å²) < 4.78 is 5.71. The number of carbonyl (C=O) groups excluding carboxylic acids is 1. The summed E-state index contributed by atoms with van der Waals surface area (Å²) in [6.07, 6.45) is 2.50. The number of carbonyl (C=O) groups is 1. The molecular formula is C18H25N3O2. The monoisotopic (exact) mass is 315 g/mol. The lowest BCUT2D eigenvalue weighted by Crippen LogP contribution is -2.55. The van der Waals surface area contributed by atoms with Crippen molar-refractivity contribution in [1.82, 2.24) is 10.3 Å². The van der Waals surface area contributed by atoms with Crippen molar-refractivity contribution >= 4 is 5.91 Å². The van der Waals surface area contributed by atoms with Gasteiger partial charge in [0.15, 0.2) is 11.7 Å². The van der Waals surface area contributed by atoms with Crippen LogP contribution in [0.15, 0.2) is 40.9 Å². The molecule has 0 aliphatic rings. The van der Waals surface area contributed by atoms with Crippen molar-refractivity contribution in [2.45, 2.75) is 39.2 Å². The number of benzene rings is 1. The molecule has 5 nitrogen and oxygen atoms in total. The molecule has 1 amide bonds. The van der Waals surface area contributed by atoms with E-state index in [9.17, 15) is 4.79 Å². The van der Waals surface area contributed by atoms with Crippen LogP contribution in [0.25, 0.3) is 11.3 Å².